The van der Waals surface area contributed by atoms with Crippen molar-refractivity contribution in [2.75, 3.05) is 19.0 Å². The smallest absolute Gasteiger partial charge is 0.329 e. The number of anilines is 1. The van der Waals surface area contributed by atoms with Crippen LogP contribution in [0.2, 0.25) is 5.02 Å². The average molecular weight is 461 g/mol. The van der Waals surface area contributed by atoms with Crippen LogP contribution in [0.15, 0.2) is 47.6 Å². The van der Waals surface area contributed by atoms with E-state index in [4.69, 9.17) is 21.1 Å². The van der Waals surface area contributed by atoms with Crippen molar-refractivity contribution < 1.29 is 23.9 Å². The van der Waals surface area contributed by atoms with Crippen LogP contribution in [0.25, 0.3) is 0 Å². The largest absolute Gasteiger partial charge is 0.493 e. The Morgan fingerprint density at radius 1 is 1.16 bits per heavy atom. The van der Waals surface area contributed by atoms with Gasteiger partial charge in [0.1, 0.15) is 0 Å². The predicted octanol–water partition coefficient (Wildman–Crippen LogP) is 2.73. The van der Waals surface area contributed by atoms with Gasteiger partial charge < -0.3 is 20.1 Å². The van der Waals surface area contributed by atoms with Crippen LogP contribution in [0.1, 0.15) is 25.8 Å². The summed E-state index contributed by atoms with van der Waals surface area (Å²) in [7, 11) is 1.42. The first-order valence-corrected chi connectivity index (χ1v) is 10.2. The van der Waals surface area contributed by atoms with Crippen LogP contribution in [-0.4, -0.2) is 43.7 Å². The van der Waals surface area contributed by atoms with Gasteiger partial charge in [-0.3, -0.25) is 14.4 Å². The second-order valence-corrected chi connectivity index (χ2v) is 7.13. The van der Waals surface area contributed by atoms with Crippen molar-refractivity contribution in [1.82, 2.24) is 10.7 Å². The molecule has 0 aliphatic rings. The van der Waals surface area contributed by atoms with Gasteiger partial charge in [0.15, 0.2) is 18.1 Å². The Morgan fingerprint density at radius 2 is 1.88 bits per heavy atom. The molecule has 0 aromatic heterocycles. The van der Waals surface area contributed by atoms with E-state index in [1.54, 1.807) is 37.3 Å². The highest BCUT2D eigenvalue weighted by Crippen LogP contribution is 2.36. The molecule has 3 N–H and O–H groups in total. The van der Waals surface area contributed by atoms with Crippen LogP contribution in [0.4, 0.5) is 5.69 Å². The fourth-order valence-electron chi connectivity index (χ4n) is 2.42. The number of hydrogen-bond donors (Lipinski definition) is 3. The number of methoxy groups -OCH3 is 1. The van der Waals surface area contributed by atoms with E-state index in [1.807, 2.05) is 13.0 Å². The molecule has 9 nitrogen and oxygen atoms in total. The Morgan fingerprint density at radius 3 is 2.53 bits per heavy atom. The van der Waals surface area contributed by atoms with E-state index < -0.39 is 11.8 Å². The van der Waals surface area contributed by atoms with Gasteiger partial charge in [-0.15, -0.1) is 0 Å². The third-order valence-corrected chi connectivity index (χ3v) is 4.51. The van der Waals surface area contributed by atoms with Gasteiger partial charge in [-0.05, 0) is 43.2 Å². The van der Waals surface area contributed by atoms with E-state index in [0.717, 1.165) is 0 Å². The number of halogens is 1. The summed E-state index contributed by atoms with van der Waals surface area (Å²) in [6.45, 7) is 3.40. The zero-order valence-electron chi connectivity index (χ0n) is 18.0. The number of nitrogens with one attached hydrogen (secondary N) is 3. The SMILES string of the molecule is CC[C@@H](C)NC(=O)C(=O)N/N=C\c1cc(Cl)c(OCC(=O)Nc2ccccc2)c(OC)c1. The van der Waals surface area contributed by atoms with Gasteiger partial charge in [0.2, 0.25) is 0 Å². The van der Waals surface area contributed by atoms with Crippen molar-refractivity contribution in [3.8, 4) is 11.5 Å². The minimum Gasteiger partial charge on any atom is -0.493 e. The Balaban J connectivity index is 1.98. The van der Waals surface area contributed by atoms with Crippen LogP contribution < -0.4 is 25.5 Å². The van der Waals surface area contributed by atoms with Crippen molar-refractivity contribution in [3.05, 3.63) is 53.1 Å². The molecule has 2 rings (SSSR count). The molecule has 0 bridgehead atoms. The number of rotatable bonds is 9. The van der Waals surface area contributed by atoms with Crippen LogP contribution in [-0.2, 0) is 14.4 Å². The Kier molecular flexibility index (Phi) is 9.49. The maximum absolute atomic E-state index is 12.1. The molecule has 0 spiro atoms. The number of carbonyl (C=O) groups excluding carboxylic acids is 3. The van der Waals surface area contributed by atoms with Gasteiger partial charge >= 0.3 is 11.8 Å². The molecule has 0 saturated heterocycles. The van der Waals surface area contributed by atoms with E-state index in [0.29, 0.717) is 17.7 Å². The topological polar surface area (TPSA) is 118 Å². The minimum absolute atomic E-state index is 0.123. The molecule has 2 aromatic carbocycles. The highest BCUT2D eigenvalue weighted by atomic mass is 35.5. The number of para-hydroxylation sites is 1. The summed E-state index contributed by atoms with van der Waals surface area (Å²) in [5.74, 6) is -1.56. The molecule has 170 valence electrons. The fourth-order valence-corrected chi connectivity index (χ4v) is 2.69. The molecular formula is C22H25ClN4O5. The number of carbonyl (C=O) groups is 3. The first-order chi connectivity index (χ1) is 15.3. The Labute approximate surface area is 191 Å². The fraction of sp³-hybridized carbons (Fsp3) is 0.273. The van der Waals surface area contributed by atoms with Crippen molar-refractivity contribution in [1.29, 1.82) is 0 Å². The van der Waals surface area contributed by atoms with Crippen molar-refractivity contribution in [2.24, 2.45) is 5.10 Å². The number of hydrogen-bond acceptors (Lipinski definition) is 6. The third-order valence-electron chi connectivity index (χ3n) is 4.23. The van der Waals surface area contributed by atoms with Gasteiger partial charge in [-0.2, -0.15) is 5.10 Å². The summed E-state index contributed by atoms with van der Waals surface area (Å²) in [5.41, 5.74) is 3.27. The molecule has 0 unspecified atom stereocenters. The first-order valence-electron chi connectivity index (χ1n) is 9.83. The van der Waals surface area contributed by atoms with Crippen LogP contribution in [0.3, 0.4) is 0 Å². The highest BCUT2D eigenvalue weighted by molar-refractivity contribution is 6.35. The lowest BCUT2D eigenvalue weighted by Gasteiger charge is -2.13. The maximum Gasteiger partial charge on any atom is 0.329 e. The number of ether oxygens (including phenoxy) is 2. The normalized spacial score (nSPS) is 11.5. The van der Waals surface area contributed by atoms with Gasteiger partial charge in [-0.1, -0.05) is 36.7 Å². The van der Waals surface area contributed by atoms with Gasteiger partial charge in [-0.25, -0.2) is 5.43 Å². The summed E-state index contributed by atoms with van der Waals surface area (Å²) in [6, 6.07) is 11.9. The van der Waals surface area contributed by atoms with Crippen LogP contribution in [0, 0.1) is 0 Å². The first kappa shape index (κ1) is 24.7. The molecule has 0 heterocycles. The lowest BCUT2D eigenvalue weighted by molar-refractivity contribution is -0.139. The molecule has 0 fully saturated rings. The lowest BCUT2D eigenvalue weighted by Crippen LogP contribution is -2.41. The van der Waals surface area contributed by atoms with Gasteiger partial charge in [0.05, 0.1) is 18.3 Å². The van der Waals surface area contributed by atoms with Gasteiger partial charge in [0.25, 0.3) is 5.91 Å². The Hall–Kier alpha value is -3.59. The average Bonchev–Trinajstić information content (AvgIpc) is 2.78. The molecule has 0 saturated carbocycles. The summed E-state index contributed by atoms with van der Waals surface area (Å²) >= 11 is 6.27. The molecule has 3 amide bonds. The maximum atomic E-state index is 12.1. The second-order valence-electron chi connectivity index (χ2n) is 6.72. The zero-order chi connectivity index (χ0) is 23.5. The molecule has 0 radical (unpaired) electrons. The molecule has 0 aliphatic heterocycles. The van der Waals surface area contributed by atoms with Crippen LogP contribution >= 0.6 is 11.6 Å². The molecule has 32 heavy (non-hydrogen) atoms. The number of hydrazone groups is 1. The van der Waals surface area contributed by atoms with Crippen molar-refractivity contribution in [3.63, 3.8) is 0 Å². The van der Waals surface area contributed by atoms with E-state index in [-0.39, 0.29) is 35.1 Å². The molecule has 10 heteroatoms. The monoisotopic (exact) mass is 460 g/mol. The predicted molar refractivity (Wildman–Crippen MR) is 122 cm³/mol. The number of amides is 3. The van der Waals surface area contributed by atoms with Gasteiger partial charge in [0, 0.05) is 11.7 Å². The van der Waals surface area contributed by atoms with E-state index in [1.165, 1.54) is 19.4 Å². The van der Waals surface area contributed by atoms with E-state index in [9.17, 15) is 14.4 Å². The Bertz CT molecular complexity index is 982. The number of nitrogens with zero attached hydrogens (tertiary/aromatic N) is 1. The standard InChI is InChI=1S/C22H25ClN4O5/c1-4-14(2)25-21(29)22(30)27-24-12-15-10-17(23)20(18(11-15)31-3)32-13-19(28)26-16-8-6-5-7-9-16/h5-12,14H,4,13H2,1-3H3,(H,25,29)(H,26,28)(H,27,30)/b24-12-/t14-/m1/s1. The molecule has 1 atom stereocenters. The summed E-state index contributed by atoms with van der Waals surface area (Å²) in [4.78, 5) is 35.6. The summed E-state index contributed by atoms with van der Waals surface area (Å²) in [5, 5.41) is 9.18. The number of benzene rings is 2. The lowest BCUT2D eigenvalue weighted by atomic mass is 10.2. The van der Waals surface area contributed by atoms with Crippen LogP contribution in [0.5, 0.6) is 11.5 Å². The second kappa shape index (κ2) is 12.3. The van der Waals surface area contributed by atoms with E-state index >= 15 is 0 Å². The zero-order valence-corrected chi connectivity index (χ0v) is 18.7. The summed E-state index contributed by atoms with van der Waals surface area (Å²) in [6.07, 6.45) is 2.00. The van der Waals surface area contributed by atoms with Crippen molar-refractivity contribution in [2.45, 2.75) is 26.3 Å². The van der Waals surface area contributed by atoms with E-state index in [2.05, 4.69) is 21.2 Å². The van der Waals surface area contributed by atoms with Crippen molar-refractivity contribution >= 4 is 41.2 Å². The molecule has 2 aromatic rings. The third kappa shape index (κ3) is 7.59. The molecular weight excluding hydrogens is 436 g/mol. The highest BCUT2D eigenvalue weighted by Gasteiger charge is 2.15. The minimum atomic E-state index is -0.885. The summed E-state index contributed by atoms with van der Waals surface area (Å²) < 4.78 is 10.8. The molecule has 0 aliphatic carbocycles. The quantitative estimate of drug-likeness (QED) is 0.302.